The molecule has 3 rings (SSSR count). The third-order valence-corrected chi connectivity index (χ3v) is 5.34. The van der Waals surface area contributed by atoms with Gasteiger partial charge in [-0.3, -0.25) is 9.59 Å². The van der Waals surface area contributed by atoms with Crippen molar-refractivity contribution in [3.05, 3.63) is 28.8 Å². The van der Waals surface area contributed by atoms with Crippen LogP contribution >= 0.6 is 11.6 Å². The van der Waals surface area contributed by atoms with E-state index < -0.39 is 5.54 Å². The fourth-order valence-electron chi connectivity index (χ4n) is 3.89. The standard InChI is InChI=1S/C18H23ClN2O3/c1-13-11-14(19)5-6-15(13)24-12-16(22)21-10-4-8-18(21)7-3-9-20(2)17(18)23/h5-6,11H,3-4,7-10,12H2,1-2H3. The highest BCUT2D eigenvalue weighted by molar-refractivity contribution is 6.30. The molecule has 1 spiro atoms. The van der Waals surface area contributed by atoms with Crippen molar-refractivity contribution in [3.8, 4) is 5.75 Å². The predicted molar refractivity (Wildman–Crippen MR) is 92.2 cm³/mol. The maximum Gasteiger partial charge on any atom is 0.261 e. The van der Waals surface area contributed by atoms with Gasteiger partial charge in [0.15, 0.2) is 6.61 Å². The fourth-order valence-corrected chi connectivity index (χ4v) is 4.12. The lowest BCUT2D eigenvalue weighted by atomic mass is 9.85. The molecule has 0 bridgehead atoms. The minimum absolute atomic E-state index is 0.0543. The Morgan fingerprint density at radius 3 is 2.71 bits per heavy atom. The number of hydrogen-bond acceptors (Lipinski definition) is 3. The average molecular weight is 351 g/mol. The molecule has 130 valence electrons. The number of aryl methyl sites for hydroxylation is 1. The van der Waals surface area contributed by atoms with E-state index in [0.29, 0.717) is 17.3 Å². The number of halogens is 1. The molecule has 0 N–H and O–H groups in total. The molecule has 0 aromatic heterocycles. The van der Waals surface area contributed by atoms with Crippen LogP contribution in [0.3, 0.4) is 0 Å². The van der Waals surface area contributed by atoms with E-state index >= 15 is 0 Å². The zero-order chi connectivity index (χ0) is 17.3. The molecule has 2 heterocycles. The van der Waals surface area contributed by atoms with Crippen LogP contribution < -0.4 is 4.74 Å². The van der Waals surface area contributed by atoms with Crippen LogP contribution in [0.4, 0.5) is 0 Å². The van der Waals surface area contributed by atoms with Gasteiger partial charge in [0.1, 0.15) is 11.3 Å². The average Bonchev–Trinajstić information content (AvgIpc) is 2.96. The molecule has 1 atom stereocenters. The molecule has 1 aromatic carbocycles. The first kappa shape index (κ1) is 17.1. The third-order valence-electron chi connectivity index (χ3n) is 5.11. The number of benzene rings is 1. The van der Waals surface area contributed by atoms with Crippen LogP contribution in [0.5, 0.6) is 5.75 Å². The molecule has 2 aliphatic heterocycles. The van der Waals surface area contributed by atoms with Gasteiger partial charge in [-0.25, -0.2) is 0 Å². The number of rotatable bonds is 3. The normalized spacial score (nSPS) is 23.9. The van der Waals surface area contributed by atoms with E-state index in [0.717, 1.165) is 37.8 Å². The summed E-state index contributed by atoms with van der Waals surface area (Å²) in [5.41, 5.74) is 0.238. The van der Waals surface area contributed by atoms with Gasteiger partial charge in [-0.2, -0.15) is 0 Å². The lowest BCUT2D eigenvalue weighted by Crippen LogP contribution is -2.61. The molecule has 5 nitrogen and oxygen atoms in total. The van der Waals surface area contributed by atoms with Crippen LogP contribution in [-0.2, 0) is 9.59 Å². The van der Waals surface area contributed by atoms with Crippen molar-refractivity contribution in [3.63, 3.8) is 0 Å². The van der Waals surface area contributed by atoms with Gasteiger partial charge in [0, 0.05) is 25.2 Å². The largest absolute Gasteiger partial charge is 0.483 e. The summed E-state index contributed by atoms with van der Waals surface area (Å²) in [7, 11) is 1.82. The number of likely N-dealkylation sites (tertiary alicyclic amines) is 2. The van der Waals surface area contributed by atoms with Crippen molar-refractivity contribution in [1.82, 2.24) is 9.80 Å². The maximum absolute atomic E-state index is 12.7. The summed E-state index contributed by atoms with van der Waals surface area (Å²) >= 11 is 5.94. The van der Waals surface area contributed by atoms with Gasteiger partial charge < -0.3 is 14.5 Å². The van der Waals surface area contributed by atoms with E-state index in [1.807, 2.05) is 14.0 Å². The number of likely N-dealkylation sites (N-methyl/N-ethyl adjacent to an activating group) is 1. The van der Waals surface area contributed by atoms with Gasteiger partial charge in [-0.15, -0.1) is 0 Å². The first-order chi connectivity index (χ1) is 11.4. The van der Waals surface area contributed by atoms with Crippen LogP contribution in [-0.4, -0.2) is 53.9 Å². The molecule has 1 unspecified atom stereocenters. The van der Waals surface area contributed by atoms with Crippen molar-refractivity contribution in [2.75, 3.05) is 26.7 Å². The SMILES string of the molecule is Cc1cc(Cl)ccc1OCC(=O)N1CCCC12CCCN(C)C2=O. The van der Waals surface area contributed by atoms with E-state index in [1.54, 1.807) is 28.0 Å². The third kappa shape index (κ3) is 2.97. The minimum Gasteiger partial charge on any atom is -0.483 e. The Morgan fingerprint density at radius 1 is 1.29 bits per heavy atom. The van der Waals surface area contributed by atoms with E-state index in [9.17, 15) is 9.59 Å². The Kier molecular flexibility index (Phi) is 4.72. The van der Waals surface area contributed by atoms with E-state index in [1.165, 1.54) is 0 Å². The highest BCUT2D eigenvalue weighted by Crippen LogP contribution is 2.38. The molecule has 24 heavy (non-hydrogen) atoms. The number of amides is 2. The quantitative estimate of drug-likeness (QED) is 0.842. The molecular weight excluding hydrogens is 328 g/mol. The van der Waals surface area contributed by atoms with Gasteiger partial charge in [0.2, 0.25) is 5.91 Å². The molecule has 0 aliphatic carbocycles. The second kappa shape index (κ2) is 6.63. The van der Waals surface area contributed by atoms with Gasteiger partial charge in [-0.1, -0.05) is 11.6 Å². The van der Waals surface area contributed by atoms with Crippen LogP contribution in [0.1, 0.15) is 31.2 Å². The molecule has 2 amide bonds. The van der Waals surface area contributed by atoms with Crippen LogP contribution in [0.25, 0.3) is 0 Å². The van der Waals surface area contributed by atoms with Crippen molar-refractivity contribution < 1.29 is 14.3 Å². The van der Waals surface area contributed by atoms with Crippen molar-refractivity contribution in [2.45, 2.75) is 38.1 Å². The summed E-state index contributed by atoms with van der Waals surface area (Å²) < 4.78 is 5.69. The molecule has 2 saturated heterocycles. The zero-order valence-corrected chi connectivity index (χ0v) is 14.9. The number of piperidine rings is 1. The molecule has 1 aromatic rings. The number of nitrogens with zero attached hydrogens (tertiary/aromatic N) is 2. The van der Waals surface area contributed by atoms with Gasteiger partial charge in [0.05, 0.1) is 0 Å². The van der Waals surface area contributed by atoms with E-state index in [-0.39, 0.29) is 18.4 Å². The van der Waals surface area contributed by atoms with Crippen molar-refractivity contribution in [1.29, 1.82) is 0 Å². The van der Waals surface area contributed by atoms with Crippen LogP contribution in [0, 0.1) is 6.92 Å². The second-order valence-electron chi connectivity index (χ2n) is 6.71. The Hall–Kier alpha value is -1.75. The monoisotopic (exact) mass is 350 g/mol. The lowest BCUT2D eigenvalue weighted by molar-refractivity contribution is -0.155. The Labute approximate surface area is 147 Å². The zero-order valence-electron chi connectivity index (χ0n) is 14.2. The summed E-state index contributed by atoms with van der Waals surface area (Å²) in [6.07, 6.45) is 3.30. The fraction of sp³-hybridized carbons (Fsp3) is 0.556. The highest BCUT2D eigenvalue weighted by Gasteiger charge is 2.51. The summed E-state index contributed by atoms with van der Waals surface area (Å²) in [4.78, 5) is 28.9. The van der Waals surface area contributed by atoms with E-state index in [2.05, 4.69) is 0 Å². The lowest BCUT2D eigenvalue weighted by Gasteiger charge is -2.43. The van der Waals surface area contributed by atoms with E-state index in [4.69, 9.17) is 16.3 Å². The second-order valence-corrected chi connectivity index (χ2v) is 7.15. The van der Waals surface area contributed by atoms with Crippen LogP contribution in [0.2, 0.25) is 5.02 Å². The molecule has 6 heteroatoms. The maximum atomic E-state index is 12.7. The topological polar surface area (TPSA) is 49.9 Å². The van der Waals surface area contributed by atoms with Gasteiger partial charge >= 0.3 is 0 Å². The summed E-state index contributed by atoms with van der Waals surface area (Å²) in [6.45, 7) is 3.23. The number of hydrogen-bond donors (Lipinski definition) is 0. The minimum atomic E-state index is -0.650. The smallest absolute Gasteiger partial charge is 0.261 e. The Morgan fingerprint density at radius 2 is 2.00 bits per heavy atom. The Balaban J connectivity index is 1.71. The summed E-state index contributed by atoms with van der Waals surface area (Å²) in [5, 5.41) is 0.639. The van der Waals surface area contributed by atoms with Crippen molar-refractivity contribution >= 4 is 23.4 Å². The molecule has 0 saturated carbocycles. The summed E-state index contributed by atoms with van der Waals surface area (Å²) in [5.74, 6) is 0.598. The number of ether oxygens (including phenoxy) is 1. The van der Waals surface area contributed by atoms with Crippen molar-refractivity contribution in [2.24, 2.45) is 0 Å². The van der Waals surface area contributed by atoms with Gasteiger partial charge in [-0.05, 0) is 56.4 Å². The summed E-state index contributed by atoms with van der Waals surface area (Å²) in [6, 6.07) is 5.31. The first-order valence-corrected chi connectivity index (χ1v) is 8.77. The molecule has 2 aliphatic rings. The first-order valence-electron chi connectivity index (χ1n) is 8.39. The molecular formula is C18H23ClN2O3. The van der Waals surface area contributed by atoms with Gasteiger partial charge in [0.25, 0.3) is 5.91 Å². The molecule has 2 fully saturated rings. The molecule has 0 radical (unpaired) electrons. The Bertz CT molecular complexity index is 664. The van der Waals surface area contributed by atoms with Crippen LogP contribution in [0.15, 0.2) is 18.2 Å². The highest BCUT2D eigenvalue weighted by atomic mass is 35.5. The number of carbonyl (C=O) groups is 2. The predicted octanol–water partition coefficient (Wildman–Crippen LogP) is 2.64. The number of carbonyl (C=O) groups excluding carboxylic acids is 2.